The first-order chi connectivity index (χ1) is 8.24. The predicted octanol–water partition coefficient (Wildman–Crippen LogP) is 2.71. The van der Waals surface area contributed by atoms with Crippen molar-refractivity contribution in [2.45, 2.75) is 19.3 Å². The van der Waals surface area contributed by atoms with E-state index in [1.54, 1.807) is 0 Å². The number of rotatable bonds is 4. The minimum atomic E-state index is -0.244. The van der Waals surface area contributed by atoms with Crippen molar-refractivity contribution in [1.82, 2.24) is 4.90 Å². The lowest BCUT2D eigenvalue weighted by Crippen LogP contribution is -2.36. The first kappa shape index (κ1) is 12.6. The molecule has 0 radical (unpaired) electrons. The van der Waals surface area contributed by atoms with E-state index >= 15 is 0 Å². The van der Waals surface area contributed by atoms with Gasteiger partial charge in [-0.3, -0.25) is 9.69 Å². The molecule has 1 heterocycles. The number of carbonyl (C=O) groups excluding carboxylic acids is 1. The van der Waals surface area contributed by atoms with Crippen molar-refractivity contribution >= 4 is 16.8 Å². The highest BCUT2D eigenvalue weighted by atomic mass is 35.5. The molecule has 2 nitrogen and oxygen atoms in total. The number of likely N-dealkylation sites (tertiary alicyclic amines) is 1. The van der Waals surface area contributed by atoms with E-state index in [9.17, 15) is 4.79 Å². The van der Waals surface area contributed by atoms with Gasteiger partial charge in [0.1, 0.15) is 0 Å². The summed E-state index contributed by atoms with van der Waals surface area (Å²) < 4.78 is 0. The molecular formula is C14H18ClNO. The highest BCUT2D eigenvalue weighted by molar-refractivity contribution is 6.64. The largest absolute Gasteiger partial charge is 0.295 e. The Hall–Kier alpha value is -0.860. The van der Waals surface area contributed by atoms with E-state index in [4.69, 9.17) is 11.6 Å². The normalized spacial score (nSPS) is 18.2. The molecule has 17 heavy (non-hydrogen) atoms. The molecular weight excluding hydrogens is 234 g/mol. The zero-order valence-electron chi connectivity index (χ0n) is 9.94. The van der Waals surface area contributed by atoms with Crippen LogP contribution in [0.4, 0.5) is 0 Å². The summed E-state index contributed by atoms with van der Waals surface area (Å²) in [4.78, 5) is 13.0. The van der Waals surface area contributed by atoms with E-state index in [1.807, 2.05) is 0 Å². The molecule has 0 aliphatic carbocycles. The monoisotopic (exact) mass is 251 g/mol. The Balaban J connectivity index is 1.78. The molecule has 3 heteroatoms. The quantitative estimate of drug-likeness (QED) is 0.767. The summed E-state index contributed by atoms with van der Waals surface area (Å²) in [6.07, 6.45) is 3.49. The number of hydrogen-bond donors (Lipinski definition) is 0. The summed E-state index contributed by atoms with van der Waals surface area (Å²) in [5.41, 5.74) is 1.42. The van der Waals surface area contributed by atoms with Gasteiger partial charge in [0.05, 0.1) is 6.54 Å². The van der Waals surface area contributed by atoms with Crippen molar-refractivity contribution in [2.24, 2.45) is 5.92 Å². The molecule has 0 unspecified atom stereocenters. The SMILES string of the molecule is O=C(Cl)CN1CCC(Cc2ccccc2)CC1. The van der Waals surface area contributed by atoms with Gasteiger partial charge in [-0.15, -0.1) is 0 Å². The van der Waals surface area contributed by atoms with Crippen LogP contribution in [0, 0.1) is 5.92 Å². The van der Waals surface area contributed by atoms with Crippen molar-refractivity contribution in [3.63, 3.8) is 0 Å². The Morgan fingerprint density at radius 1 is 1.24 bits per heavy atom. The molecule has 1 aliphatic heterocycles. The van der Waals surface area contributed by atoms with Gasteiger partial charge in [0.2, 0.25) is 5.24 Å². The number of piperidine rings is 1. The molecule has 1 aliphatic rings. The lowest BCUT2D eigenvalue weighted by molar-refractivity contribution is -0.113. The van der Waals surface area contributed by atoms with E-state index in [1.165, 1.54) is 18.4 Å². The molecule has 1 aromatic carbocycles. The highest BCUT2D eigenvalue weighted by Gasteiger charge is 2.20. The third-order valence-corrected chi connectivity index (χ3v) is 3.54. The second-order valence-electron chi connectivity index (χ2n) is 4.76. The average Bonchev–Trinajstić information content (AvgIpc) is 2.32. The minimum Gasteiger partial charge on any atom is -0.295 e. The molecule has 0 atom stereocenters. The summed E-state index contributed by atoms with van der Waals surface area (Å²) in [7, 11) is 0. The van der Waals surface area contributed by atoms with Crippen molar-refractivity contribution in [1.29, 1.82) is 0 Å². The highest BCUT2D eigenvalue weighted by Crippen LogP contribution is 2.21. The van der Waals surface area contributed by atoms with E-state index in [0.29, 0.717) is 6.54 Å². The van der Waals surface area contributed by atoms with E-state index < -0.39 is 0 Å². The molecule has 0 aromatic heterocycles. The maximum absolute atomic E-state index is 10.8. The van der Waals surface area contributed by atoms with Crippen LogP contribution in [-0.2, 0) is 11.2 Å². The molecule has 0 N–H and O–H groups in total. The first-order valence-corrected chi connectivity index (χ1v) is 6.56. The standard InChI is InChI=1S/C14H18ClNO/c15-14(17)11-16-8-6-13(7-9-16)10-12-4-2-1-3-5-12/h1-5,13H,6-11H2. The van der Waals surface area contributed by atoms with Crippen LogP contribution in [0.25, 0.3) is 0 Å². The number of halogens is 1. The number of benzene rings is 1. The molecule has 2 rings (SSSR count). The van der Waals surface area contributed by atoms with Crippen molar-refractivity contribution in [3.8, 4) is 0 Å². The Labute approximate surface area is 108 Å². The molecule has 0 saturated carbocycles. The molecule has 92 valence electrons. The van der Waals surface area contributed by atoms with Gasteiger partial charge < -0.3 is 0 Å². The van der Waals surface area contributed by atoms with Crippen LogP contribution in [0.5, 0.6) is 0 Å². The summed E-state index contributed by atoms with van der Waals surface area (Å²) in [6, 6.07) is 10.6. The topological polar surface area (TPSA) is 20.3 Å². The van der Waals surface area contributed by atoms with Crippen LogP contribution in [0.2, 0.25) is 0 Å². The summed E-state index contributed by atoms with van der Waals surface area (Å²) in [6.45, 7) is 2.39. The minimum absolute atomic E-state index is 0.244. The van der Waals surface area contributed by atoms with Gasteiger partial charge in [0.25, 0.3) is 0 Å². The van der Waals surface area contributed by atoms with Crippen LogP contribution < -0.4 is 0 Å². The Bertz CT molecular complexity index is 358. The van der Waals surface area contributed by atoms with Gasteiger partial charge in [-0.05, 0) is 55.4 Å². The van der Waals surface area contributed by atoms with E-state index in [-0.39, 0.29) is 5.24 Å². The maximum atomic E-state index is 10.8. The van der Waals surface area contributed by atoms with Crippen molar-refractivity contribution in [3.05, 3.63) is 35.9 Å². The Morgan fingerprint density at radius 2 is 1.88 bits per heavy atom. The van der Waals surface area contributed by atoms with Gasteiger partial charge in [-0.2, -0.15) is 0 Å². The molecule has 0 spiro atoms. The summed E-state index contributed by atoms with van der Waals surface area (Å²) in [5, 5.41) is -0.244. The van der Waals surface area contributed by atoms with Crippen LogP contribution >= 0.6 is 11.6 Å². The molecule has 0 amide bonds. The van der Waals surface area contributed by atoms with Gasteiger partial charge >= 0.3 is 0 Å². The number of hydrogen-bond acceptors (Lipinski definition) is 2. The van der Waals surface area contributed by atoms with Gasteiger partial charge in [0, 0.05) is 0 Å². The lowest BCUT2D eigenvalue weighted by atomic mass is 9.90. The smallest absolute Gasteiger partial charge is 0.235 e. The molecule has 1 saturated heterocycles. The lowest BCUT2D eigenvalue weighted by Gasteiger charge is -2.30. The molecule has 0 bridgehead atoms. The van der Waals surface area contributed by atoms with Crippen molar-refractivity contribution < 1.29 is 4.79 Å². The predicted molar refractivity (Wildman–Crippen MR) is 70.2 cm³/mol. The number of nitrogens with zero attached hydrogens (tertiary/aromatic N) is 1. The zero-order chi connectivity index (χ0) is 12.1. The van der Waals surface area contributed by atoms with Crippen LogP contribution in [-0.4, -0.2) is 29.8 Å². The van der Waals surface area contributed by atoms with Gasteiger partial charge in [-0.1, -0.05) is 30.3 Å². The summed E-state index contributed by atoms with van der Waals surface area (Å²) in [5.74, 6) is 0.749. The van der Waals surface area contributed by atoms with E-state index in [0.717, 1.165) is 25.4 Å². The van der Waals surface area contributed by atoms with Crippen LogP contribution in [0.3, 0.4) is 0 Å². The average molecular weight is 252 g/mol. The second kappa shape index (κ2) is 6.18. The van der Waals surface area contributed by atoms with E-state index in [2.05, 4.69) is 35.2 Å². The summed E-state index contributed by atoms with van der Waals surface area (Å²) >= 11 is 5.40. The Kier molecular flexibility index (Phi) is 4.57. The second-order valence-corrected chi connectivity index (χ2v) is 5.19. The van der Waals surface area contributed by atoms with Gasteiger partial charge in [-0.25, -0.2) is 0 Å². The molecule has 1 fully saturated rings. The van der Waals surface area contributed by atoms with Gasteiger partial charge in [0.15, 0.2) is 0 Å². The maximum Gasteiger partial charge on any atom is 0.235 e. The number of carbonyl (C=O) groups is 1. The fourth-order valence-electron chi connectivity index (χ4n) is 2.47. The third-order valence-electron chi connectivity index (χ3n) is 3.42. The van der Waals surface area contributed by atoms with Crippen molar-refractivity contribution in [2.75, 3.05) is 19.6 Å². The van der Waals surface area contributed by atoms with Crippen LogP contribution in [0.1, 0.15) is 18.4 Å². The fraction of sp³-hybridized carbons (Fsp3) is 0.500. The fourth-order valence-corrected chi connectivity index (χ4v) is 2.64. The third kappa shape index (κ3) is 4.14. The Morgan fingerprint density at radius 3 is 2.47 bits per heavy atom. The van der Waals surface area contributed by atoms with Crippen LogP contribution in [0.15, 0.2) is 30.3 Å². The zero-order valence-corrected chi connectivity index (χ0v) is 10.7. The molecule has 1 aromatic rings. The first-order valence-electron chi connectivity index (χ1n) is 6.18.